The van der Waals surface area contributed by atoms with Gasteiger partial charge in [-0.15, -0.1) is 0 Å². The van der Waals surface area contributed by atoms with Gasteiger partial charge in [-0.2, -0.15) is 0 Å². The number of aliphatic hydroxyl groups excluding tert-OH is 1. The monoisotopic (exact) mass is 200 g/mol. The Hall–Kier alpha value is -1.32. The van der Waals surface area contributed by atoms with Crippen molar-refractivity contribution in [2.24, 2.45) is 0 Å². The molecule has 0 aromatic rings. The quantitative estimate of drug-likeness (QED) is 0.294. The van der Waals surface area contributed by atoms with Gasteiger partial charge in [0.25, 0.3) is 0 Å². The standard InChI is InChI=1S/C10H16O4/c1-14-10(13)7-3-2-5-9(12)6-4-8-11/h5,8,12H,2-4,6-7H2,1H3. The molecule has 0 saturated heterocycles. The van der Waals surface area contributed by atoms with Crippen molar-refractivity contribution in [3.8, 4) is 0 Å². The first-order valence-corrected chi connectivity index (χ1v) is 4.59. The number of aldehydes is 1. The summed E-state index contributed by atoms with van der Waals surface area (Å²) in [5, 5.41) is 9.19. The summed E-state index contributed by atoms with van der Waals surface area (Å²) in [6, 6.07) is 0. The zero-order chi connectivity index (χ0) is 10.8. The second-order valence-electron chi connectivity index (χ2n) is 2.87. The lowest BCUT2D eigenvalue weighted by Crippen LogP contribution is -1.98. The Labute approximate surface area is 83.6 Å². The van der Waals surface area contributed by atoms with Crippen molar-refractivity contribution >= 4 is 12.3 Å². The van der Waals surface area contributed by atoms with Crippen molar-refractivity contribution in [3.05, 3.63) is 11.8 Å². The summed E-state index contributed by atoms with van der Waals surface area (Å²) in [7, 11) is 1.35. The average molecular weight is 200 g/mol. The van der Waals surface area contributed by atoms with Crippen LogP contribution in [-0.4, -0.2) is 24.5 Å². The van der Waals surface area contributed by atoms with E-state index in [1.54, 1.807) is 6.08 Å². The fourth-order valence-electron chi connectivity index (χ4n) is 0.926. The Balaban J connectivity index is 3.49. The molecule has 0 unspecified atom stereocenters. The number of aliphatic hydroxyl groups is 1. The second-order valence-corrected chi connectivity index (χ2v) is 2.87. The Morgan fingerprint density at radius 2 is 2.07 bits per heavy atom. The van der Waals surface area contributed by atoms with E-state index in [-0.39, 0.29) is 11.7 Å². The molecule has 0 rings (SSSR count). The number of ether oxygens (including phenoxy) is 1. The van der Waals surface area contributed by atoms with Crippen LogP contribution in [0.5, 0.6) is 0 Å². The summed E-state index contributed by atoms with van der Waals surface area (Å²) in [6.07, 6.45) is 4.73. The lowest BCUT2D eigenvalue weighted by molar-refractivity contribution is -0.140. The minimum Gasteiger partial charge on any atom is -0.513 e. The van der Waals surface area contributed by atoms with E-state index in [1.807, 2.05) is 0 Å². The first-order chi connectivity index (χ1) is 6.70. The van der Waals surface area contributed by atoms with Gasteiger partial charge in [-0.05, 0) is 18.9 Å². The second kappa shape index (κ2) is 8.29. The van der Waals surface area contributed by atoms with Gasteiger partial charge in [0, 0.05) is 19.3 Å². The van der Waals surface area contributed by atoms with Gasteiger partial charge in [0.2, 0.25) is 0 Å². The van der Waals surface area contributed by atoms with Crippen LogP contribution in [-0.2, 0) is 14.3 Å². The van der Waals surface area contributed by atoms with E-state index in [4.69, 9.17) is 0 Å². The van der Waals surface area contributed by atoms with Crippen LogP contribution in [0.15, 0.2) is 11.8 Å². The van der Waals surface area contributed by atoms with E-state index < -0.39 is 0 Å². The molecule has 0 atom stereocenters. The Morgan fingerprint density at radius 1 is 1.36 bits per heavy atom. The molecule has 0 amide bonds. The van der Waals surface area contributed by atoms with Gasteiger partial charge in [-0.3, -0.25) is 4.79 Å². The number of methoxy groups -OCH3 is 1. The van der Waals surface area contributed by atoms with Crippen LogP contribution in [0.1, 0.15) is 32.1 Å². The minimum absolute atomic E-state index is 0.210. The molecule has 80 valence electrons. The van der Waals surface area contributed by atoms with Crippen molar-refractivity contribution in [1.29, 1.82) is 0 Å². The summed E-state index contributed by atoms with van der Waals surface area (Å²) in [5.74, 6) is -0.0345. The van der Waals surface area contributed by atoms with Gasteiger partial charge in [0.05, 0.1) is 12.9 Å². The molecule has 0 spiro atoms. The number of rotatable bonds is 7. The van der Waals surface area contributed by atoms with Crippen LogP contribution < -0.4 is 0 Å². The maximum Gasteiger partial charge on any atom is 0.305 e. The third kappa shape index (κ3) is 7.34. The summed E-state index contributed by atoms with van der Waals surface area (Å²) in [4.78, 5) is 20.6. The van der Waals surface area contributed by atoms with Crippen molar-refractivity contribution in [1.82, 2.24) is 0 Å². The number of unbranched alkanes of at least 4 members (excludes halogenated alkanes) is 1. The fourth-order valence-corrected chi connectivity index (χ4v) is 0.926. The molecule has 0 saturated carbocycles. The minimum atomic E-state index is -0.245. The van der Waals surface area contributed by atoms with Crippen LogP contribution in [0.4, 0.5) is 0 Å². The Kier molecular flexibility index (Phi) is 7.50. The molecule has 0 radical (unpaired) electrons. The molecule has 0 bridgehead atoms. The molecule has 0 aliphatic heterocycles. The van der Waals surface area contributed by atoms with Gasteiger partial charge >= 0.3 is 5.97 Å². The number of allylic oxidation sites excluding steroid dienone is 2. The summed E-state index contributed by atoms with van der Waals surface area (Å²) < 4.78 is 4.45. The molecule has 0 aromatic carbocycles. The number of carbonyl (C=O) groups excluding carboxylic acids is 2. The van der Waals surface area contributed by atoms with Gasteiger partial charge < -0.3 is 14.6 Å². The zero-order valence-corrected chi connectivity index (χ0v) is 8.36. The summed E-state index contributed by atoms with van der Waals surface area (Å²) in [6.45, 7) is 0. The molecule has 4 heteroatoms. The molecule has 14 heavy (non-hydrogen) atoms. The van der Waals surface area contributed by atoms with Gasteiger partial charge in [0.1, 0.15) is 6.29 Å². The number of hydrogen-bond donors (Lipinski definition) is 1. The Bertz CT molecular complexity index is 208. The van der Waals surface area contributed by atoms with E-state index in [2.05, 4.69) is 4.74 Å². The van der Waals surface area contributed by atoms with Crippen LogP contribution in [0.3, 0.4) is 0 Å². The average Bonchev–Trinajstić information content (AvgIpc) is 2.21. The predicted molar refractivity (Wildman–Crippen MR) is 51.9 cm³/mol. The van der Waals surface area contributed by atoms with Gasteiger partial charge in [-0.1, -0.05) is 0 Å². The molecule has 4 nitrogen and oxygen atoms in total. The highest BCUT2D eigenvalue weighted by Gasteiger charge is 1.98. The topological polar surface area (TPSA) is 63.6 Å². The Morgan fingerprint density at radius 3 is 2.64 bits per heavy atom. The molecular formula is C10H16O4. The highest BCUT2D eigenvalue weighted by atomic mass is 16.5. The lowest BCUT2D eigenvalue weighted by Gasteiger charge is -1.97. The molecule has 0 heterocycles. The van der Waals surface area contributed by atoms with E-state index in [1.165, 1.54) is 7.11 Å². The maximum atomic E-state index is 10.7. The van der Waals surface area contributed by atoms with Crippen molar-refractivity contribution < 1.29 is 19.4 Å². The van der Waals surface area contributed by atoms with E-state index in [0.717, 1.165) is 6.29 Å². The molecule has 0 fully saturated rings. The largest absolute Gasteiger partial charge is 0.513 e. The smallest absolute Gasteiger partial charge is 0.305 e. The number of esters is 1. The third-order valence-electron chi connectivity index (χ3n) is 1.71. The van der Waals surface area contributed by atoms with Gasteiger partial charge in [-0.25, -0.2) is 0 Å². The van der Waals surface area contributed by atoms with E-state index in [9.17, 15) is 14.7 Å². The first kappa shape index (κ1) is 12.7. The first-order valence-electron chi connectivity index (χ1n) is 4.59. The van der Waals surface area contributed by atoms with Crippen LogP contribution in [0, 0.1) is 0 Å². The SMILES string of the molecule is COC(=O)CCCC=C(O)CCC=O. The van der Waals surface area contributed by atoms with Crippen LogP contribution >= 0.6 is 0 Å². The number of carbonyl (C=O) groups is 2. The molecular weight excluding hydrogens is 184 g/mol. The predicted octanol–water partition coefficient (Wildman–Crippen LogP) is 1.75. The van der Waals surface area contributed by atoms with Crippen molar-refractivity contribution in [3.63, 3.8) is 0 Å². The van der Waals surface area contributed by atoms with Gasteiger partial charge in [0.15, 0.2) is 0 Å². The summed E-state index contributed by atoms with van der Waals surface area (Å²) >= 11 is 0. The summed E-state index contributed by atoms with van der Waals surface area (Å²) in [5.41, 5.74) is 0. The number of hydrogen-bond acceptors (Lipinski definition) is 4. The van der Waals surface area contributed by atoms with E-state index >= 15 is 0 Å². The lowest BCUT2D eigenvalue weighted by atomic mass is 10.2. The van der Waals surface area contributed by atoms with Crippen molar-refractivity contribution in [2.75, 3.05) is 7.11 Å². The van der Waals surface area contributed by atoms with Crippen molar-refractivity contribution in [2.45, 2.75) is 32.1 Å². The van der Waals surface area contributed by atoms with E-state index in [0.29, 0.717) is 32.1 Å². The molecule has 0 aromatic heterocycles. The molecule has 0 aliphatic carbocycles. The molecule has 0 aliphatic rings. The fraction of sp³-hybridized carbons (Fsp3) is 0.600. The zero-order valence-electron chi connectivity index (χ0n) is 8.36. The molecule has 1 N–H and O–H groups in total. The third-order valence-corrected chi connectivity index (χ3v) is 1.71. The highest BCUT2D eigenvalue weighted by molar-refractivity contribution is 5.69. The normalized spacial score (nSPS) is 11.1. The maximum absolute atomic E-state index is 10.7. The highest BCUT2D eigenvalue weighted by Crippen LogP contribution is 2.04. The van der Waals surface area contributed by atoms with Crippen LogP contribution in [0.2, 0.25) is 0 Å². The van der Waals surface area contributed by atoms with Crippen LogP contribution in [0.25, 0.3) is 0 Å².